The van der Waals surface area contributed by atoms with Gasteiger partial charge in [-0.25, -0.2) is 18.6 Å². The number of aryl methyl sites for hydroxylation is 1. The molecule has 0 atom stereocenters. The Bertz CT molecular complexity index is 752. The predicted octanol–water partition coefficient (Wildman–Crippen LogP) is 3.22. The van der Waals surface area contributed by atoms with Crippen LogP contribution in [0.3, 0.4) is 0 Å². The quantitative estimate of drug-likeness (QED) is 0.376. The lowest BCUT2D eigenvalue weighted by molar-refractivity contribution is 0.400. The zero-order valence-corrected chi connectivity index (χ0v) is 15.8. The fourth-order valence-electron chi connectivity index (χ4n) is 2.37. The highest BCUT2D eigenvalue weighted by molar-refractivity contribution is 5.75. The predicted molar refractivity (Wildman–Crippen MR) is 104 cm³/mol. The van der Waals surface area contributed by atoms with Crippen LogP contribution in [0.2, 0.25) is 0 Å². The third kappa shape index (κ3) is 6.42. The Morgan fingerprint density at radius 1 is 0.889 bits per heavy atom. The number of halogens is 3. The lowest BCUT2D eigenvalue weighted by atomic mass is 10.2. The average molecular weight is 381 g/mol. The van der Waals surface area contributed by atoms with E-state index in [4.69, 9.17) is 0 Å². The molecule has 2 aromatic rings. The molecule has 0 saturated heterocycles. The van der Waals surface area contributed by atoms with Gasteiger partial charge in [0.25, 0.3) is 0 Å². The van der Waals surface area contributed by atoms with Crippen LogP contribution in [-0.4, -0.2) is 45.2 Å². The van der Waals surface area contributed by atoms with E-state index < -0.39 is 17.5 Å². The van der Waals surface area contributed by atoms with Crippen LogP contribution in [0.15, 0.2) is 30.3 Å². The molecule has 0 spiro atoms. The first-order valence-electron chi connectivity index (χ1n) is 8.74. The summed E-state index contributed by atoms with van der Waals surface area (Å²) in [6.07, 6.45) is 0. The Balaban J connectivity index is 1.99. The standard InChI is InChI=1S/C19H26F3N5/c1-13-4-6-16(15(21)12-13)25-19-17(7-5-14(20)18(19)22)26-24-9-8-23-10-11-27(2)3/h4-7,12,23-26H,8-11H2,1-3H3. The van der Waals surface area contributed by atoms with Gasteiger partial charge in [-0.15, -0.1) is 0 Å². The fraction of sp³-hybridized carbons (Fsp3) is 0.368. The molecule has 8 heteroatoms. The summed E-state index contributed by atoms with van der Waals surface area (Å²) in [6.45, 7) is 4.77. The van der Waals surface area contributed by atoms with Gasteiger partial charge in [-0.05, 0) is 50.8 Å². The van der Waals surface area contributed by atoms with Gasteiger partial charge in [0.05, 0.1) is 11.4 Å². The van der Waals surface area contributed by atoms with Crippen molar-refractivity contribution in [2.75, 3.05) is 51.0 Å². The molecular weight excluding hydrogens is 355 g/mol. The molecule has 4 N–H and O–H groups in total. The topological polar surface area (TPSA) is 51.4 Å². The summed E-state index contributed by atoms with van der Waals surface area (Å²) in [5.74, 6) is -2.63. The van der Waals surface area contributed by atoms with Gasteiger partial charge in [0, 0.05) is 26.2 Å². The lowest BCUT2D eigenvalue weighted by Crippen LogP contribution is -2.34. The van der Waals surface area contributed by atoms with Crippen LogP contribution < -0.4 is 21.5 Å². The number of hydrogen-bond donors (Lipinski definition) is 4. The Morgan fingerprint density at radius 2 is 1.63 bits per heavy atom. The van der Waals surface area contributed by atoms with E-state index in [0.717, 1.165) is 24.7 Å². The van der Waals surface area contributed by atoms with Crippen molar-refractivity contribution in [1.29, 1.82) is 0 Å². The van der Waals surface area contributed by atoms with Gasteiger partial charge in [-0.3, -0.25) is 0 Å². The number of hydrazine groups is 1. The van der Waals surface area contributed by atoms with Crippen molar-refractivity contribution in [3.8, 4) is 0 Å². The molecule has 0 saturated carbocycles. The molecule has 5 nitrogen and oxygen atoms in total. The smallest absolute Gasteiger partial charge is 0.184 e. The van der Waals surface area contributed by atoms with Crippen LogP contribution in [0.1, 0.15) is 5.56 Å². The number of nitrogens with zero attached hydrogens (tertiary/aromatic N) is 1. The summed E-state index contributed by atoms with van der Waals surface area (Å²) in [6, 6.07) is 6.91. The first-order valence-corrected chi connectivity index (χ1v) is 8.74. The molecule has 27 heavy (non-hydrogen) atoms. The highest BCUT2D eigenvalue weighted by Gasteiger charge is 2.15. The zero-order chi connectivity index (χ0) is 19.8. The molecule has 0 fully saturated rings. The maximum absolute atomic E-state index is 14.3. The summed E-state index contributed by atoms with van der Waals surface area (Å²) in [5, 5.41) is 5.88. The van der Waals surface area contributed by atoms with Crippen LogP contribution in [0.4, 0.5) is 30.2 Å². The minimum Gasteiger partial charge on any atom is -0.349 e. The lowest BCUT2D eigenvalue weighted by Gasteiger charge is -2.17. The fourth-order valence-corrected chi connectivity index (χ4v) is 2.37. The van der Waals surface area contributed by atoms with Crippen LogP contribution in [0, 0.1) is 24.4 Å². The molecule has 0 aromatic heterocycles. The van der Waals surface area contributed by atoms with E-state index in [1.54, 1.807) is 13.0 Å². The van der Waals surface area contributed by atoms with Gasteiger partial charge < -0.3 is 21.0 Å². The van der Waals surface area contributed by atoms with Gasteiger partial charge in [-0.1, -0.05) is 6.07 Å². The molecule has 2 rings (SSSR count). The Kier molecular flexibility index (Phi) is 7.90. The number of rotatable bonds is 10. The molecule has 0 aliphatic carbocycles. The van der Waals surface area contributed by atoms with E-state index in [-0.39, 0.29) is 17.1 Å². The molecule has 0 unspecified atom stereocenters. The molecule has 148 valence electrons. The van der Waals surface area contributed by atoms with Crippen molar-refractivity contribution < 1.29 is 13.2 Å². The highest BCUT2D eigenvalue weighted by Crippen LogP contribution is 2.31. The van der Waals surface area contributed by atoms with Gasteiger partial charge >= 0.3 is 0 Å². The Morgan fingerprint density at radius 3 is 2.33 bits per heavy atom. The molecule has 0 bridgehead atoms. The Hall–Kier alpha value is -2.29. The van der Waals surface area contributed by atoms with Crippen molar-refractivity contribution in [3.63, 3.8) is 0 Å². The molecule has 0 heterocycles. The van der Waals surface area contributed by atoms with E-state index in [2.05, 4.69) is 26.4 Å². The van der Waals surface area contributed by atoms with Crippen LogP contribution in [0.5, 0.6) is 0 Å². The van der Waals surface area contributed by atoms with Crippen molar-refractivity contribution in [2.24, 2.45) is 0 Å². The molecule has 0 aliphatic rings. The van der Waals surface area contributed by atoms with Crippen molar-refractivity contribution in [1.82, 2.24) is 15.6 Å². The van der Waals surface area contributed by atoms with Gasteiger partial charge in [0.2, 0.25) is 0 Å². The molecular formula is C19H26F3N5. The van der Waals surface area contributed by atoms with Crippen LogP contribution in [0.25, 0.3) is 0 Å². The van der Waals surface area contributed by atoms with E-state index >= 15 is 0 Å². The largest absolute Gasteiger partial charge is 0.349 e. The molecule has 0 aliphatic heterocycles. The molecule has 2 aromatic carbocycles. The average Bonchev–Trinajstić information content (AvgIpc) is 2.61. The maximum atomic E-state index is 14.3. The number of nitrogens with one attached hydrogen (secondary N) is 4. The van der Waals surface area contributed by atoms with Crippen LogP contribution >= 0.6 is 0 Å². The maximum Gasteiger partial charge on any atom is 0.184 e. The molecule has 0 radical (unpaired) electrons. The first kappa shape index (κ1) is 21.0. The van der Waals surface area contributed by atoms with Crippen LogP contribution in [-0.2, 0) is 0 Å². The van der Waals surface area contributed by atoms with Gasteiger partial charge in [0.15, 0.2) is 11.6 Å². The van der Waals surface area contributed by atoms with E-state index in [1.165, 1.54) is 18.2 Å². The second-order valence-corrected chi connectivity index (χ2v) is 6.50. The van der Waals surface area contributed by atoms with E-state index in [1.807, 2.05) is 14.1 Å². The number of hydrogen-bond acceptors (Lipinski definition) is 5. The minimum absolute atomic E-state index is 0.0681. The minimum atomic E-state index is -1.08. The highest BCUT2D eigenvalue weighted by atomic mass is 19.2. The van der Waals surface area contributed by atoms with Crippen molar-refractivity contribution in [3.05, 3.63) is 53.3 Å². The van der Waals surface area contributed by atoms with Crippen molar-refractivity contribution >= 4 is 17.1 Å². The summed E-state index contributed by atoms with van der Waals surface area (Å²) in [5.41, 5.74) is 6.70. The molecule has 0 amide bonds. The van der Waals surface area contributed by atoms with E-state index in [9.17, 15) is 13.2 Å². The number of anilines is 3. The third-order valence-electron chi connectivity index (χ3n) is 3.86. The normalized spacial score (nSPS) is 11.1. The summed E-state index contributed by atoms with van der Waals surface area (Å²) < 4.78 is 42.0. The zero-order valence-electron chi connectivity index (χ0n) is 15.8. The Labute approximate surface area is 157 Å². The first-order chi connectivity index (χ1) is 12.9. The van der Waals surface area contributed by atoms with Crippen molar-refractivity contribution in [2.45, 2.75) is 6.92 Å². The number of benzene rings is 2. The van der Waals surface area contributed by atoms with E-state index in [0.29, 0.717) is 13.1 Å². The van der Waals surface area contributed by atoms with Gasteiger partial charge in [-0.2, -0.15) is 0 Å². The SMILES string of the molecule is Cc1ccc(Nc2c(NNCCNCCN(C)C)ccc(F)c2F)c(F)c1. The number of likely N-dealkylation sites (N-methyl/N-ethyl adjacent to an activating group) is 1. The second-order valence-electron chi connectivity index (χ2n) is 6.50. The van der Waals surface area contributed by atoms with Gasteiger partial charge in [0.1, 0.15) is 11.5 Å². The second kappa shape index (κ2) is 10.1. The monoisotopic (exact) mass is 381 g/mol. The third-order valence-corrected chi connectivity index (χ3v) is 3.86. The summed E-state index contributed by atoms with van der Waals surface area (Å²) in [7, 11) is 3.99. The summed E-state index contributed by atoms with van der Waals surface area (Å²) in [4.78, 5) is 2.07. The summed E-state index contributed by atoms with van der Waals surface area (Å²) >= 11 is 0.